The molecular weight excluding hydrogens is 332 g/mol. The zero-order valence-electron chi connectivity index (χ0n) is 14.9. The van der Waals surface area contributed by atoms with Gasteiger partial charge in [0.1, 0.15) is 6.42 Å². The van der Waals surface area contributed by atoms with Crippen molar-refractivity contribution in [2.45, 2.75) is 19.9 Å². The van der Waals surface area contributed by atoms with Gasteiger partial charge >= 0.3 is 5.97 Å². The molecule has 0 atom stereocenters. The fourth-order valence-corrected chi connectivity index (χ4v) is 2.44. The molecule has 0 saturated carbocycles. The zero-order chi connectivity index (χ0) is 18.9. The SMILES string of the molecule is CCN(Cc1ccccc1)C(=O)CC(=O)Nc1ccc(C(=O)OC)cc1. The van der Waals surface area contributed by atoms with Crippen molar-refractivity contribution in [3.05, 3.63) is 65.7 Å². The summed E-state index contributed by atoms with van der Waals surface area (Å²) in [6, 6.07) is 15.9. The van der Waals surface area contributed by atoms with E-state index in [0.29, 0.717) is 24.3 Å². The summed E-state index contributed by atoms with van der Waals surface area (Å²) < 4.78 is 4.62. The number of carbonyl (C=O) groups is 3. The Morgan fingerprint density at radius 2 is 1.65 bits per heavy atom. The normalized spacial score (nSPS) is 10.1. The van der Waals surface area contributed by atoms with Crippen LogP contribution >= 0.6 is 0 Å². The maximum Gasteiger partial charge on any atom is 0.337 e. The summed E-state index contributed by atoms with van der Waals surface area (Å²) in [5.74, 6) is -1.08. The Kier molecular flexibility index (Phi) is 6.91. The molecule has 0 fully saturated rings. The minimum absolute atomic E-state index is 0.236. The summed E-state index contributed by atoms with van der Waals surface area (Å²) in [6.07, 6.45) is -0.237. The molecular formula is C20H22N2O4. The molecule has 0 spiro atoms. The molecule has 0 saturated heterocycles. The fraction of sp³-hybridized carbons (Fsp3) is 0.250. The molecule has 6 nitrogen and oxygen atoms in total. The van der Waals surface area contributed by atoms with Crippen molar-refractivity contribution in [1.29, 1.82) is 0 Å². The fourth-order valence-electron chi connectivity index (χ4n) is 2.44. The highest BCUT2D eigenvalue weighted by molar-refractivity contribution is 6.03. The lowest BCUT2D eigenvalue weighted by Crippen LogP contribution is -2.33. The highest BCUT2D eigenvalue weighted by Gasteiger charge is 2.16. The van der Waals surface area contributed by atoms with E-state index in [-0.39, 0.29) is 12.3 Å². The maximum absolute atomic E-state index is 12.4. The molecule has 0 aliphatic heterocycles. The van der Waals surface area contributed by atoms with E-state index in [0.717, 1.165) is 5.56 Å². The number of hydrogen-bond acceptors (Lipinski definition) is 4. The average Bonchev–Trinajstić information content (AvgIpc) is 2.66. The van der Waals surface area contributed by atoms with Gasteiger partial charge in [0.15, 0.2) is 0 Å². The van der Waals surface area contributed by atoms with Gasteiger partial charge in [-0.3, -0.25) is 9.59 Å². The summed E-state index contributed by atoms with van der Waals surface area (Å²) in [5, 5.41) is 2.66. The predicted octanol–water partition coefficient (Wildman–Crippen LogP) is 2.85. The Balaban J connectivity index is 1.91. The number of carbonyl (C=O) groups excluding carboxylic acids is 3. The molecule has 0 unspecified atom stereocenters. The Hall–Kier alpha value is -3.15. The van der Waals surface area contributed by atoms with E-state index in [9.17, 15) is 14.4 Å². The van der Waals surface area contributed by atoms with E-state index in [1.54, 1.807) is 29.2 Å². The van der Waals surface area contributed by atoms with Crippen LogP contribution in [0.2, 0.25) is 0 Å². The van der Waals surface area contributed by atoms with Crippen LogP contribution in [0.1, 0.15) is 29.3 Å². The molecule has 2 aromatic carbocycles. The van der Waals surface area contributed by atoms with Crippen LogP contribution in [0.4, 0.5) is 5.69 Å². The van der Waals surface area contributed by atoms with Gasteiger partial charge in [0, 0.05) is 18.8 Å². The van der Waals surface area contributed by atoms with Gasteiger partial charge in [-0.25, -0.2) is 4.79 Å². The van der Waals surface area contributed by atoms with Crippen molar-refractivity contribution in [1.82, 2.24) is 4.90 Å². The van der Waals surface area contributed by atoms with Gasteiger partial charge < -0.3 is 15.0 Å². The molecule has 2 rings (SSSR count). The second-order valence-corrected chi connectivity index (χ2v) is 5.69. The van der Waals surface area contributed by atoms with Crippen LogP contribution in [0.5, 0.6) is 0 Å². The first-order valence-electron chi connectivity index (χ1n) is 8.33. The molecule has 0 heterocycles. The molecule has 0 radical (unpaired) electrons. The first-order chi connectivity index (χ1) is 12.5. The summed E-state index contributed by atoms with van der Waals surface area (Å²) >= 11 is 0. The summed E-state index contributed by atoms with van der Waals surface area (Å²) in [7, 11) is 1.30. The third-order valence-corrected chi connectivity index (χ3v) is 3.85. The Bertz CT molecular complexity index is 757. The van der Waals surface area contributed by atoms with E-state index in [1.165, 1.54) is 7.11 Å². The molecule has 0 aromatic heterocycles. The summed E-state index contributed by atoms with van der Waals surface area (Å²) in [5.41, 5.74) is 1.92. The topological polar surface area (TPSA) is 75.7 Å². The highest BCUT2D eigenvalue weighted by Crippen LogP contribution is 2.12. The molecule has 0 bridgehead atoms. The van der Waals surface area contributed by atoms with Crippen LogP contribution in [0.3, 0.4) is 0 Å². The Morgan fingerprint density at radius 3 is 2.23 bits per heavy atom. The zero-order valence-corrected chi connectivity index (χ0v) is 14.9. The monoisotopic (exact) mass is 354 g/mol. The maximum atomic E-state index is 12.4. The minimum atomic E-state index is -0.447. The largest absolute Gasteiger partial charge is 0.465 e. The molecule has 0 aliphatic carbocycles. The molecule has 6 heteroatoms. The number of benzene rings is 2. The predicted molar refractivity (Wildman–Crippen MR) is 98.6 cm³/mol. The smallest absolute Gasteiger partial charge is 0.337 e. The highest BCUT2D eigenvalue weighted by atomic mass is 16.5. The van der Waals surface area contributed by atoms with E-state index >= 15 is 0 Å². The van der Waals surface area contributed by atoms with Crippen molar-refractivity contribution in [2.24, 2.45) is 0 Å². The first kappa shape index (κ1) is 19.2. The molecule has 136 valence electrons. The molecule has 0 aliphatic rings. The van der Waals surface area contributed by atoms with Crippen molar-refractivity contribution >= 4 is 23.5 Å². The van der Waals surface area contributed by atoms with Gasteiger partial charge in [-0.1, -0.05) is 30.3 Å². The number of amides is 2. The molecule has 2 amide bonds. The van der Waals surface area contributed by atoms with Gasteiger partial charge in [0.25, 0.3) is 0 Å². The van der Waals surface area contributed by atoms with Crippen LogP contribution in [0.25, 0.3) is 0 Å². The van der Waals surface area contributed by atoms with E-state index in [1.807, 2.05) is 37.3 Å². The van der Waals surface area contributed by atoms with E-state index in [4.69, 9.17) is 0 Å². The van der Waals surface area contributed by atoms with Crippen molar-refractivity contribution in [3.63, 3.8) is 0 Å². The molecule has 26 heavy (non-hydrogen) atoms. The van der Waals surface area contributed by atoms with Crippen LogP contribution in [0.15, 0.2) is 54.6 Å². The number of nitrogens with one attached hydrogen (secondary N) is 1. The molecule has 2 aromatic rings. The summed E-state index contributed by atoms with van der Waals surface area (Å²) in [4.78, 5) is 37.5. The number of rotatable bonds is 7. The number of nitrogens with zero attached hydrogens (tertiary/aromatic N) is 1. The lowest BCUT2D eigenvalue weighted by molar-refractivity contribution is -0.134. The summed E-state index contributed by atoms with van der Waals surface area (Å²) in [6.45, 7) is 2.87. The van der Waals surface area contributed by atoms with Crippen LogP contribution in [-0.4, -0.2) is 36.3 Å². The second kappa shape index (κ2) is 9.36. The quantitative estimate of drug-likeness (QED) is 0.613. The lowest BCUT2D eigenvalue weighted by atomic mass is 10.2. The van der Waals surface area contributed by atoms with Crippen LogP contribution in [0, 0.1) is 0 Å². The second-order valence-electron chi connectivity index (χ2n) is 5.69. The van der Waals surface area contributed by atoms with Crippen LogP contribution < -0.4 is 5.32 Å². The van der Waals surface area contributed by atoms with Gasteiger partial charge in [-0.2, -0.15) is 0 Å². The number of ether oxygens (including phenoxy) is 1. The van der Waals surface area contributed by atoms with Gasteiger partial charge in [-0.05, 0) is 36.8 Å². The third kappa shape index (κ3) is 5.44. The van der Waals surface area contributed by atoms with E-state index < -0.39 is 11.9 Å². The van der Waals surface area contributed by atoms with E-state index in [2.05, 4.69) is 10.1 Å². The first-order valence-corrected chi connectivity index (χ1v) is 8.33. The van der Waals surface area contributed by atoms with Crippen molar-refractivity contribution in [3.8, 4) is 0 Å². The number of hydrogen-bond donors (Lipinski definition) is 1. The number of methoxy groups -OCH3 is 1. The number of esters is 1. The Labute approximate surface area is 152 Å². The standard InChI is InChI=1S/C20H22N2O4/c1-3-22(14-15-7-5-4-6-8-15)19(24)13-18(23)21-17-11-9-16(10-12-17)20(25)26-2/h4-12H,3,13-14H2,1-2H3,(H,21,23). The van der Waals surface area contributed by atoms with Crippen molar-refractivity contribution in [2.75, 3.05) is 19.0 Å². The number of anilines is 1. The molecule has 1 N–H and O–H groups in total. The minimum Gasteiger partial charge on any atom is -0.465 e. The average molecular weight is 354 g/mol. The van der Waals surface area contributed by atoms with Crippen LogP contribution in [-0.2, 0) is 20.9 Å². The van der Waals surface area contributed by atoms with Gasteiger partial charge in [-0.15, -0.1) is 0 Å². The van der Waals surface area contributed by atoms with Crippen molar-refractivity contribution < 1.29 is 19.1 Å². The third-order valence-electron chi connectivity index (χ3n) is 3.85. The Morgan fingerprint density at radius 1 is 1.00 bits per heavy atom. The van der Waals surface area contributed by atoms with Gasteiger partial charge in [0.05, 0.1) is 12.7 Å². The van der Waals surface area contributed by atoms with Gasteiger partial charge in [0.2, 0.25) is 11.8 Å². The lowest BCUT2D eigenvalue weighted by Gasteiger charge is -2.20.